The molecular formula is C22H34IN5O. The zero-order valence-electron chi connectivity index (χ0n) is 17.5. The molecule has 0 aromatic heterocycles. The molecule has 2 saturated heterocycles. The molecular weight excluding hydrogens is 477 g/mol. The molecule has 0 radical (unpaired) electrons. The van der Waals surface area contributed by atoms with Gasteiger partial charge in [-0.05, 0) is 50.9 Å². The average Bonchev–Trinajstić information content (AvgIpc) is 3.33. The largest absolute Gasteiger partial charge is 0.357 e. The number of benzene rings is 1. The van der Waals surface area contributed by atoms with Crippen molar-refractivity contribution in [3.63, 3.8) is 0 Å². The predicted molar refractivity (Wildman–Crippen MR) is 129 cm³/mol. The SMILES string of the molecule is CCNC(=NCCN1C(=O)Cc2ccccc21)N1CCC(N2CCCCC2)C1.I. The van der Waals surface area contributed by atoms with Crippen LogP contribution in [0.3, 0.4) is 0 Å². The van der Waals surface area contributed by atoms with Crippen LogP contribution < -0.4 is 10.2 Å². The zero-order valence-corrected chi connectivity index (χ0v) is 19.8. The fourth-order valence-corrected chi connectivity index (χ4v) is 4.76. The van der Waals surface area contributed by atoms with Gasteiger partial charge in [-0.2, -0.15) is 0 Å². The summed E-state index contributed by atoms with van der Waals surface area (Å²) in [6.45, 7) is 8.91. The van der Waals surface area contributed by atoms with Crippen molar-refractivity contribution in [2.45, 2.75) is 45.1 Å². The summed E-state index contributed by atoms with van der Waals surface area (Å²) in [5.74, 6) is 1.19. The molecule has 3 aliphatic rings. The number of rotatable bonds is 5. The van der Waals surface area contributed by atoms with Crippen molar-refractivity contribution in [2.24, 2.45) is 4.99 Å². The first-order valence-electron chi connectivity index (χ1n) is 10.9. The second-order valence-corrected chi connectivity index (χ2v) is 8.07. The average molecular weight is 511 g/mol. The van der Waals surface area contributed by atoms with Gasteiger partial charge in [0.15, 0.2) is 5.96 Å². The highest BCUT2D eigenvalue weighted by atomic mass is 127. The van der Waals surface area contributed by atoms with Crippen LogP contribution in [0.15, 0.2) is 29.3 Å². The van der Waals surface area contributed by atoms with Crippen molar-refractivity contribution in [1.82, 2.24) is 15.1 Å². The van der Waals surface area contributed by atoms with Crippen molar-refractivity contribution in [3.05, 3.63) is 29.8 Å². The van der Waals surface area contributed by atoms with Crippen LogP contribution in [-0.4, -0.2) is 73.5 Å². The Morgan fingerprint density at radius 1 is 1.17 bits per heavy atom. The Bertz CT molecular complexity index is 719. The van der Waals surface area contributed by atoms with E-state index in [0.717, 1.165) is 36.8 Å². The standard InChI is InChI=1S/C22H33N5O.HI/c1-2-23-22(26-14-10-19(17-26)25-12-6-3-7-13-25)24-11-15-27-20-9-5-4-8-18(20)16-21(27)28;/h4-5,8-9,19H,2-3,6-7,10-17H2,1H3,(H,23,24);1H. The van der Waals surface area contributed by atoms with Gasteiger partial charge in [0.2, 0.25) is 5.91 Å². The summed E-state index contributed by atoms with van der Waals surface area (Å²) in [6.07, 6.45) is 5.81. The molecule has 0 saturated carbocycles. The van der Waals surface area contributed by atoms with E-state index in [1.165, 1.54) is 38.8 Å². The number of carbonyl (C=O) groups is 1. The molecule has 4 rings (SSSR count). The first-order valence-corrected chi connectivity index (χ1v) is 10.9. The van der Waals surface area contributed by atoms with Crippen LogP contribution in [0.2, 0.25) is 0 Å². The van der Waals surface area contributed by atoms with Gasteiger partial charge in [-0.15, -0.1) is 24.0 Å². The zero-order chi connectivity index (χ0) is 19.3. The van der Waals surface area contributed by atoms with Gasteiger partial charge in [0, 0.05) is 37.9 Å². The van der Waals surface area contributed by atoms with E-state index in [-0.39, 0.29) is 29.9 Å². The first-order chi connectivity index (χ1) is 13.8. The lowest BCUT2D eigenvalue weighted by Gasteiger charge is -2.32. The molecule has 1 aromatic rings. The molecule has 1 atom stereocenters. The summed E-state index contributed by atoms with van der Waals surface area (Å²) in [5, 5.41) is 3.46. The predicted octanol–water partition coefficient (Wildman–Crippen LogP) is 2.72. The van der Waals surface area contributed by atoms with Crippen LogP contribution in [0.5, 0.6) is 0 Å². The lowest BCUT2D eigenvalue weighted by Crippen LogP contribution is -2.44. The molecule has 29 heavy (non-hydrogen) atoms. The molecule has 1 aromatic carbocycles. The normalized spacial score (nSPS) is 22.6. The van der Waals surface area contributed by atoms with E-state index in [0.29, 0.717) is 25.6 Å². The van der Waals surface area contributed by atoms with Gasteiger partial charge in [0.25, 0.3) is 0 Å². The second-order valence-electron chi connectivity index (χ2n) is 8.07. The van der Waals surface area contributed by atoms with Crippen molar-refractivity contribution >= 4 is 41.5 Å². The molecule has 2 fully saturated rings. The molecule has 0 bridgehead atoms. The number of aliphatic imine (C=N–C) groups is 1. The highest BCUT2D eigenvalue weighted by molar-refractivity contribution is 14.0. The van der Waals surface area contributed by atoms with E-state index in [1.807, 2.05) is 29.2 Å². The number of piperidine rings is 1. The molecule has 1 unspecified atom stereocenters. The van der Waals surface area contributed by atoms with Crippen LogP contribution in [0.25, 0.3) is 0 Å². The Morgan fingerprint density at radius 3 is 2.76 bits per heavy atom. The van der Waals surface area contributed by atoms with E-state index < -0.39 is 0 Å². The molecule has 0 aliphatic carbocycles. The topological polar surface area (TPSA) is 51.2 Å². The minimum absolute atomic E-state index is 0. The fourth-order valence-electron chi connectivity index (χ4n) is 4.76. The molecule has 3 heterocycles. The Morgan fingerprint density at radius 2 is 1.97 bits per heavy atom. The monoisotopic (exact) mass is 511 g/mol. The number of halogens is 1. The minimum Gasteiger partial charge on any atom is -0.357 e. The summed E-state index contributed by atoms with van der Waals surface area (Å²) in [4.78, 5) is 24.2. The van der Waals surface area contributed by atoms with Crippen LogP contribution in [0, 0.1) is 0 Å². The second kappa shape index (κ2) is 10.6. The highest BCUT2D eigenvalue weighted by Gasteiger charge is 2.30. The van der Waals surface area contributed by atoms with Crippen LogP contribution in [0.1, 0.15) is 38.2 Å². The molecule has 6 nitrogen and oxygen atoms in total. The van der Waals surface area contributed by atoms with Gasteiger partial charge < -0.3 is 15.1 Å². The Kier molecular flexibility index (Phi) is 8.17. The van der Waals surface area contributed by atoms with E-state index in [4.69, 9.17) is 4.99 Å². The molecule has 3 aliphatic heterocycles. The molecule has 1 N–H and O–H groups in total. The molecule has 160 valence electrons. The number of nitrogens with one attached hydrogen (secondary N) is 1. The van der Waals surface area contributed by atoms with Crippen molar-refractivity contribution in [2.75, 3.05) is 50.7 Å². The van der Waals surface area contributed by atoms with E-state index in [2.05, 4.69) is 22.0 Å². The lowest BCUT2D eigenvalue weighted by molar-refractivity contribution is -0.117. The first kappa shape index (κ1) is 22.3. The van der Waals surface area contributed by atoms with Gasteiger partial charge in [0.05, 0.1) is 13.0 Å². The van der Waals surface area contributed by atoms with Crippen LogP contribution in [0.4, 0.5) is 5.69 Å². The highest BCUT2D eigenvalue weighted by Crippen LogP contribution is 2.28. The van der Waals surface area contributed by atoms with Gasteiger partial charge in [0.1, 0.15) is 0 Å². The number of nitrogens with zero attached hydrogens (tertiary/aromatic N) is 4. The Hall–Kier alpha value is -1.35. The number of para-hydroxylation sites is 1. The van der Waals surface area contributed by atoms with Crippen molar-refractivity contribution in [1.29, 1.82) is 0 Å². The number of anilines is 1. The van der Waals surface area contributed by atoms with Crippen molar-refractivity contribution in [3.8, 4) is 0 Å². The van der Waals surface area contributed by atoms with Gasteiger partial charge >= 0.3 is 0 Å². The van der Waals surface area contributed by atoms with Crippen LogP contribution in [-0.2, 0) is 11.2 Å². The number of amides is 1. The number of carbonyl (C=O) groups excluding carboxylic acids is 1. The number of hydrogen-bond acceptors (Lipinski definition) is 3. The summed E-state index contributed by atoms with van der Waals surface area (Å²) in [5.41, 5.74) is 2.19. The third kappa shape index (κ3) is 5.23. The maximum absolute atomic E-state index is 12.4. The quantitative estimate of drug-likeness (QED) is 0.376. The smallest absolute Gasteiger partial charge is 0.231 e. The minimum atomic E-state index is 0. The summed E-state index contributed by atoms with van der Waals surface area (Å²) < 4.78 is 0. The van der Waals surface area contributed by atoms with Gasteiger partial charge in [-0.25, -0.2) is 0 Å². The number of hydrogen-bond donors (Lipinski definition) is 1. The number of guanidine groups is 1. The molecule has 7 heteroatoms. The third-order valence-electron chi connectivity index (χ3n) is 6.22. The number of fused-ring (bicyclic) bond motifs is 1. The Balaban J connectivity index is 0.00000240. The van der Waals surface area contributed by atoms with Crippen LogP contribution >= 0.6 is 24.0 Å². The number of likely N-dealkylation sites (tertiary alicyclic amines) is 2. The van der Waals surface area contributed by atoms with E-state index >= 15 is 0 Å². The van der Waals surface area contributed by atoms with Gasteiger partial charge in [-0.3, -0.25) is 14.7 Å². The summed E-state index contributed by atoms with van der Waals surface area (Å²) in [6, 6.07) is 8.76. The van der Waals surface area contributed by atoms with Gasteiger partial charge in [-0.1, -0.05) is 24.6 Å². The van der Waals surface area contributed by atoms with Crippen molar-refractivity contribution < 1.29 is 4.79 Å². The summed E-state index contributed by atoms with van der Waals surface area (Å²) >= 11 is 0. The molecule has 1 amide bonds. The fraction of sp³-hybridized carbons (Fsp3) is 0.636. The molecule has 0 spiro atoms. The van der Waals surface area contributed by atoms with E-state index in [1.54, 1.807) is 0 Å². The maximum atomic E-state index is 12.4. The lowest BCUT2D eigenvalue weighted by atomic mass is 10.1. The van der Waals surface area contributed by atoms with E-state index in [9.17, 15) is 4.79 Å². The maximum Gasteiger partial charge on any atom is 0.231 e. The summed E-state index contributed by atoms with van der Waals surface area (Å²) in [7, 11) is 0. The Labute approximate surface area is 191 Å². The third-order valence-corrected chi connectivity index (χ3v) is 6.22.